The molecule has 1 aliphatic heterocycles. The SMILES string of the molecule is CC(O)(CCC1CCCO1)C1(C)CC1. The predicted molar refractivity (Wildman–Crippen MR) is 56.2 cm³/mol. The third-order valence-electron chi connectivity index (χ3n) is 4.28. The lowest BCUT2D eigenvalue weighted by Crippen LogP contribution is -2.35. The standard InChI is InChI=1S/C12H22O2/c1-11(7-8-11)12(2,13)6-5-10-4-3-9-14-10/h10,13H,3-9H2,1-2H3. The van der Waals surface area contributed by atoms with Crippen molar-refractivity contribution in [1.29, 1.82) is 0 Å². The quantitative estimate of drug-likeness (QED) is 0.752. The Kier molecular flexibility index (Phi) is 2.61. The Hall–Kier alpha value is -0.0800. The van der Waals surface area contributed by atoms with Crippen LogP contribution in [0.5, 0.6) is 0 Å². The molecule has 0 spiro atoms. The van der Waals surface area contributed by atoms with Gasteiger partial charge in [0.05, 0.1) is 11.7 Å². The van der Waals surface area contributed by atoms with Crippen molar-refractivity contribution in [3.05, 3.63) is 0 Å². The Morgan fingerprint density at radius 3 is 2.71 bits per heavy atom. The Morgan fingerprint density at radius 2 is 2.21 bits per heavy atom. The highest BCUT2D eigenvalue weighted by molar-refractivity contribution is 5.03. The molecule has 2 rings (SSSR count). The van der Waals surface area contributed by atoms with Crippen LogP contribution in [0.1, 0.15) is 52.4 Å². The molecule has 0 amide bonds. The lowest BCUT2D eigenvalue weighted by Gasteiger charge is -2.31. The zero-order valence-electron chi connectivity index (χ0n) is 9.38. The molecule has 0 aromatic rings. The van der Waals surface area contributed by atoms with Crippen LogP contribution in [-0.2, 0) is 4.74 Å². The van der Waals surface area contributed by atoms with Gasteiger partial charge in [-0.15, -0.1) is 0 Å². The molecule has 1 aliphatic carbocycles. The maximum Gasteiger partial charge on any atom is 0.0674 e. The molecule has 82 valence electrons. The van der Waals surface area contributed by atoms with E-state index >= 15 is 0 Å². The fraction of sp³-hybridized carbons (Fsp3) is 1.00. The molecule has 2 fully saturated rings. The summed E-state index contributed by atoms with van der Waals surface area (Å²) in [6.07, 6.45) is 7.11. The van der Waals surface area contributed by atoms with E-state index in [-0.39, 0.29) is 5.41 Å². The Balaban J connectivity index is 1.78. The van der Waals surface area contributed by atoms with Crippen molar-refractivity contribution >= 4 is 0 Å². The number of rotatable bonds is 4. The van der Waals surface area contributed by atoms with Crippen LogP contribution >= 0.6 is 0 Å². The monoisotopic (exact) mass is 198 g/mol. The Bertz CT molecular complexity index is 200. The number of hydrogen-bond donors (Lipinski definition) is 1. The fourth-order valence-corrected chi connectivity index (χ4v) is 2.34. The van der Waals surface area contributed by atoms with Crippen LogP contribution in [0.3, 0.4) is 0 Å². The number of ether oxygens (including phenoxy) is 1. The van der Waals surface area contributed by atoms with E-state index in [2.05, 4.69) is 6.92 Å². The molecule has 0 aromatic carbocycles. The van der Waals surface area contributed by atoms with Gasteiger partial charge in [-0.2, -0.15) is 0 Å². The molecule has 2 aliphatic rings. The lowest BCUT2D eigenvalue weighted by atomic mass is 9.83. The van der Waals surface area contributed by atoms with Crippen molar-refractivity contribution < 1.29 is 9.84 Å². The minimum absolute atomic E-state index is 0.200. The van der Waals surface area contributed by atoms with Gasteiger partial charge in [-0.1, -0.05) is 6.92 Å². The van der Waals surface area contributed by atoms with Crippen molar-refractivity contribution in [1.82, 2.24) is 0 Å². The summed E-state index contributed by atoms with van der Waals surface area (Å²) in [7, 11) is 0. The van der Waals surface area contributed by atoms with E-state index in [0.29, 0.717) is 6.10 Å². The second-order valence-corrected chi connectivity index (χ2v) is 5.51. The number of hydrogen-bond acceptors (Lipinski definition) is 2. The molecule has 1 N–H and O–H groups in total. The van der Waals surface area contributed by atoms with Gasteiger partial charge in [0.1, 0.15) is 0 Å². The largest absolute Gasteiger partial charge is 0.390 e. The van der Waals surface area contributed by atoms with Crippen molar-refractivity contribution in [2.45, 2.75) is 64.1 Å². The van der Waals surface area contributed by atoms with Crippen LogP contribution in [0.2, 0.25) is 0 Å². The van der Waals surface area contributed by atoms with E-state index in [4.69, 9.17) is 4.74 Å². The zero-order chi connectivity index (χ0) is 10.2. The van der Waals surface area contributed by atoms with Gasteiger partial charge >= 0.3 is 0 Å². The van der Waals surface area contributed by atoms with Gasteiger partial charge in [-0.25, -0.2) is 0 Å². The van der Waals surface area contributed by atoms with Crippen LogP contribution in [0.25, 0.3) is 0 Å². The average molecular weight is 198 g/mol. The van der Waals surface area contributed by atoms with Gasteiger partial charge in [0.25, 0.3) is 0 Å². The van der Waals surface area contributed by atoms with Crippen molar-refractivity contribution in [2.24, 2.45) is 5.41 Å². The third kappa shape index (κ3) is 1.96. The van der Waals surface area contributed by atoms with E-state index in [0.717, 1.165) is 19.4 Å². The van der Waals surface area contributed by atoms with Crippen LogP contribution in [0.4, 0.5) is 0 Å². The summed E-state index contributed by atoms with van der Waals surface area (Å²) in [5.74, 6) is 0. The summed E-state index contributed by atoms with van der Waals surface area (Å²) in [5, 5.41) is 10.3. The average Bonchev–Trinajstić information content (AvgIpc) is 2.69. The normalized spacial score (nSPS) is 34.1. The molecule has 1 saturated carbocycles. The van der Waals surface area contributed by atoms with Crippen LogP contribution in [0, 0.1) is 5.41 Å². The molecular weight excluding hydrogens is 176 g/mol. The molecule has 2 heteroatoms. The molecule has 2 atom stereocenters. The number of aliphatic hydroxyl groups is 1. The summed E-state index contributed by atoms with van der Waals surface area (Å²) in [5.41, 5.74) is -0.273. The first kappa shape index (κ1) is 10.4. The van der Waals surface area contributed by atoms with Crippen LogP contribution in [0.15, 0.2) is 0 Å². The van der Waals surface area contributed by atoms with E-state index in [1.54, 1.807) is 0 Å². The highest BCUT2D eigenvalue weighted by atomic mass is 16.5. The summed E-state index contributed by atoms with van der Waals surface area (Å²) in [6, 6.07) is 0. The van der Waals surface area contributed by atoms with Gasteiger partial charge in [0.2, 0.25) is 0 Å². The Labute approximate surface area is 86.6 Å². The van der Waals surface area contributed by atoms with Gasteiger partial charge in [-0.3, -0.25) is 0 Å². The summed E-state index contributed by atoms with van der Waals surface area (Å²) in [6.45, 7) is 5.11. The molecule has 14 heavy (non-hydrogen) atoms. The first-order valence-corrected chi connectivity index (χ1v) is 5.88. The van der Waals surface area contributed by atoms with Crippen LogP contribution in [-0.4, -0.2) is 23.4 Å². The maximum atomic E-state index is 10.3. The predicted octanol–water partition coefficient (Wildman–Crippen LogP) is 2.50. The minimum atomic E-state index is -0.473. The Morgan fingerprint density at radius 1 is 1.50 bits per heavy atom. The molecule has 0 radical (unpaired) electrons. The topological polar surface area (TPSA) is 29.5 Å². The summed E-state index contributed by atoms with van der Waals surface area (Å²) in [4.78, 5) is 0. The van der Waals surface area contributed by atoms with Crippen molar-refractivity contribution in [3.8, 4) is 0 Å². The van der Waals surface area contributed by atoms with Gasteiger partial charge in [-0.05, 0) is 50.9 Å². The third-order valence-corrected chi connectivity index (χ3v) is 4.28. The van der Waals surface area contributed by atoms with Crippen molar-refractivity contribution in [2.75, 3.05) is 6.61 Å². The van der Waals surface area contributed by atoms with Crippen LogP contribution < -0.4 is 0 Å². The van der Waals surface area contributed by atoms with E-state index < -0.39 is 5.60 Å². The molecule has 0 bridgehead atoms. The fourth-order valence-electron chi connectivity index (χ4n) is 2.34. The molecule has 1 saturated heterocycles. The molecule has 0 aromatic heterocycles. The first-order valence-electron chi connectivity index (χ1n) is 5.88. The lowest BCUT2D eigenvalue weighted by molar-refractivity contribution is -0.0285. The highest BCUT2D eigenvalue weighted by Gasteiger charge is 2.51. The molecular formula is C12H22O2. The molecule has 2 nitrogen and oxygen atoms in total. The van der Waals surface area contributed by atoms with E-state index in [9.17, 15) is 5.11 Å². The van der Waals surface area contributed by atoms with Gasteiger partial charge in [0, 0.05) is 6.61 Å². The summed E-state index contributed by atoms with van der Waals surface area (Å²) < 4.78 is 5.57. The smallest absolute Gasteiger partial charge is 0.0674 e. The second-order valence-electron chi connectivity index (χ2n) is 5.51. The first-order chi connectivity index (χ1) is 6.54. The molecule has 1 heterocycles. The zero-order valence-corrected chi connectivity index (χ0v) is 9.38. The van der Waals surface area contributed by atoms with E-state index in [1.165, 1.54) is 25.7 Å². The minimum Gasteiger partial charge on any atom is -0.390 e. The maximum absolute atomic E-state index is 10.3. The highest BCUT2D eigenvalue weighted by Crippen LogP contribution is 2.55. The molecule has 2 unspecified atom stereocenters. The second kappa shape index (κ2) is 3.49. The van der Waals surface area contributed by atoms with E-state index in [1.807, 2.05) is 6.92 Å². The van der Waals surface area contributed by atoms with Gasteiger partial charge < -0.3 is 9.84 Å². The summed E-state index contributed by atoms with van der Waals surface area (Å²) >= 11 is 0. The van der Waals surface area contributed by atoms with Crippen molar-refractivity contribution in [3.63, 3.8) is 0 Å². The van der Waals surface area contributed by atoms with Gasteiger partial charge in [0.15, 0.2) is 0 Å².